The number of hydrogen-bond acceptors (Lipinski definition) is 4. The minimum atomic E-state index is -0.838. The Hall–Kier alpha value is -1.36. The first-order valence-electron chi connectivity index (χ1n) is 7.13. The Morgan fingerprint density at radius 2 is 2.10 bits per heavy atom. The lowest BCUT2D eigenvalue weighted by Gasteiger charge is -2.25. The van der Waals surface area contributed by atoms with Crippen LogP contribution in [-0.2, 0) is 12.0 Å². The summed E-state index contributed by atoms with van der Waals surface area (Å²) in [4.78, 5) is 0. The summed E-state index contributed by atoms with van der Waals surface area (Å²) < 4.78 is 5.37. The van der Waals surface area contributed by atoms with Crippen LogP contribution in [0.2, 0.25) is 0 Å². The third kappa shape index (κ3) is 4.30. The Morgan fingerprint density at radius 3 is 2.76 bits per heavy atom. The van der Waals surface area contributed by atoms with Gasteiger partial charge in [0.1, 0.15) is 5.75 Å². The topological polar surface area (TPSA) is 41.5 Å². The van der Waals surface area contributed by atoms with E-state index in [1.54, 1.807) is 18.4 Å². The van der Waals surface area contributed by atoms with Crippen molar-refractivity contribution in [3.63, 3.8) is 0 Å². The van der Waals surface area contributed by atoms with E-state index in [1.807, 2.05) is 41.9 Å². The molecule has 0 radical (unpaired) electrons. The second kappa shape index (κ2) is 7.07. The number of hydrogen-bond donors (Lipinski definition) is 2. The number of nitrogens with one attached hydrogen (secondary N) is 1. The third-order valence-electron chi connectivity index (χ3n) is 3.66. The molecule has 0 saturated heterocycles. The largest absolute Gasteiger partial charge is 0.496 e. The lowest BCUT2D eigenvalue weighted by Crippen LogP contribution is -2.40. The molecule has 0 spiro atoms. The first kappa shape index (κ1) is 16.0. The van der Waals surface area contributed by atoms with Gasteiger partial charge in [0, 0.05) is 12.6 Å². The van der Waals surface area contributed by atoms with Crippen LogP contribution >= 0.6 is 11.3 Å². The van der Waals surface area contributed by atoms with Gasteiger partial charge in [0.2, 0.25) is 0 Å². The second-order valence-electron chi connectivity index (χ2n) is 5.58. The Labute approximate surface area is 130 Å². The van der Waals surface area contributed by atoms with Gasteiger partial charge in [0.15, 0.2) is 0 Å². The molecule has 0 fully saturated rings. The monoisotopic (exact) mass is 305 g/mol. The van der Waals surface area contributed by atoms with Crippen molar-refractivity contribution in [1.82, 2.24) is 5.32 Å². The summed E-state index contributed by atoms with van der Waals surface area (Å²) in [5.41, 5.74) is 1.30. The normalized spacial score (nSPS) is 15.4. The lowest BCUT2D eigenvalue weighted by molar-refractivity contribution is 0.0548. The van der Waals surface area contributed by atoms with Crippen LogP contribution in [0.5, 0.6) is 5.75 Å². The van der Waals surface area contributed by atoms with E-state index in [-0.39, 0.29) is 6.04 Å². The zero-order valence-corrected chi connectivity index (χ0v) is 13.6. The summed E-state index contributed by atoms with van der Waals surface area (Å²) in [6, 6.07) is 10.3. The Bertz CT molecular complexity index is 552. The zero-order valence-electron chi connectivity index (χ0n) is 12.8. The van der Waals surface area contributed by atoms with E-state index in [2.05, 4.69) is 18.3 Å². The quantitative estimate of drug-likeness (QED) is 0.825. The molecule has 1 heterocycles. The predicted octanol–water partition coefficient (Wildman–Crippen LogP) is 3.19. The second-order valence-corrected chi connectivity index (χ2v) is 6.36. The smallest absolute Gasteiger partial charge is 0.122 e. The molecular formula is C17H23NO2S. The van der Waals surface area contributed by atoms with E-state index in [1.165, 1.54) is 5.56 Å². The summed E-state index contributed by atoms with van der Waals surface area (Å²) in [6.07, 6.45) is 0.865. The minimum Gasteiger partial charge on any atom is -0.496 e. The standard InChI is InChI=1S/C17H23NO2S/c1-13(10-14-6-4-5-7-16(14)20-3)18-12-17(2,19)15-8-9-21-11-15/h4-9,11,13,18-19H,10,12H2,1-3H3. The van der Waals surface area contributed by atoms with E-state index in [0.717, 1.165) is 17.7 Å². The van der Waals surface area contributed by atoms with E-state index >= 15 is 0 Å². The summed E-state index contributed by atoms with van der Waals surface area (Å²) >= 11 is 1.60. The van der Waals surface area contributed by atoms with Gasteiger partial charge >= 0.3 is 0 Å². The number of ether oxygens (including phenoxy) is 1. The number of benzene rings is 1. The van der Waals surface area contributed by atoms with Crippen molar-refractivity contribution in [2.75, 3.05) is 13.7 Å². The molecule has 0 saturated carbocycles. The first-order chi connectivity index (χ1) is 10.0. The highest BCUT2D eigenvalue weighted by Gasteiger charge is 2.24. The maximum absolute atomic E-state index is 10.5. The highest BCUT2D eigenvalue weighted by atomic mass is 32.1. The van der Waals surface area contributed by atoms with Crippen LogP contribution < -0.4 is 10.1 Å². The van der Waals surface area contributed by atoms with Gasteiger partial charge in [0.25, 0.3) is 0 Å². The number of rotatable bonds is 7. The van der Waals surface area contributed by atoms with Crippen LogP contribution in [0.25, 0.3) is 0 Å². The van der Waals surface area contributed by atoms with Crippen molar-refractivity contribution < 1.29 is 9.84 Å². The van der Waals surface area contributed by atoms with Crippen LogP contribution in [0, 0.1) is 0 Å². The van der Waals surface area contributed by atoms with Crippen molar-refractivity contribution in [3.8, 4) is 5.75 Å². The minimum absolute atomic E-state index is 0.256. The number of thiophene rings is 1. The molecule has 21 heavy (non-hydrogen) atoms. The van der Waals surface area contributed by atoms with E-state index in [0.29, 0.717) is 6.54 Å². The maximum Gasteiger partial charge on any atom is 0.122 e. The van der Waals surface area contributed by atoms with Gasteiger partial charge in [0.05, 0.1) is 12.7 Å². The molecule has 0 aliphatic heterocycles. The van der Waals surface area contributed by atoms with Gasteiger partial charge in [-0.1, -0.05) is 18.2 Å². The molecule has 2 rings (SSSR count). The molecule has 0 bridgehead atoms. The zero-order chi connectivity index (χ0) is 15.3. The van der Waals surface area contributed by atoms with Crippen molar-refractivity contribution in [2.24, 2.45) is 0 Å². The summed E-state index contributed by atoms with van der Waals surface area (Å²) in [7, 11) is 1.69. The molecule has 0 aliphatic carbocycles. The highest BCUT2D eigenvalue weighted by Crippen LogP contribution is 2.23. The van der Waals surface area contributed by atoms with Gasteiger partial charge in [-0.05, 0) is 54.3 Å². The fourth-order valence-electron chi connectivity index (χ4n) is 2.32. The summed E-state index contributed by atoms with van der Waals surface area (Å²) in [5, 5.41) is 17.9. The molecule has 1 aromatic carbocycles. The molecule has 2 unspecified atom stereocenters. The van der Waals surface area contributed by atoms with Crippen LogP contribution in [0.3, 0.4) is 0 Å². The molecule has 2 N–H and O–H groups in total. The van der Waals surface area contributed by atoms with E-state index in [9.17, 15) is 5.11 Å². The number of methoxy groups -OCH3 is 1. The molecular weight excluding hydrogens is 282 g/mol. The first-order valence-corrected chi connectivity index (χ1v) is 8.07. The van der Waals surface area contributed by atoms with E-state index in [4.69, 9.17) is 4.74 Å². The lowest BCUT2D eigenvalue weighted by atomic mass is 9.98. The predicted molar refractivity (Wildman–Crippen MR) is 88.1 cm³/mol. The van der Waals surface area contributed by atoms with Gasteiger partial charge in [-0.3, -0.25) is 0 Å². The molecule has 2 atom stereocenters. The van der Waals surface area contributed by atoms with Gasteiger partial charge in [-0.15, -0.1) is 0 Å². The summed E-state index contributed by atoms with van der Waals surface area (Å²) in [6.45, 7) is 4.49. The Morgan fingerprint density at radius 1 is 1.33 bits per heavy atom. The van der Waals surface area contributed by atoms with Gasteiger partial charge in [-0.2, -0.15) is 11.3 Å². The molecule has 3 nitrogen and oxygen atoms in total. The van der Waals surface area contributed by atoms with Crippen molar-refractivity contribution in [1.29, 1.82) is 0 Å². The Kier molecular flexibility index (Phi) is 5.39. The Balaban J connectivity index is 1.92. The average Bonchev–Trinajstić information content (AvgIpc) is 3.01. The molecule has 0 amide bonds. The highest BCUT2D eigenvalue weighted by molar-refractivity contribution is 7.08. The molecule has 4 heteroatoms. The molecule has 114 valence electrons. The molecule has 0 aliphatic rings. The van der Waals surface area contributed by atoms with E-state index < -0.39 is 5.60 Å². The van der Waals surface area contributed by atoms with Crippen LogP contribution in [-0.4, -0.2) is 24.8 Å². The van der Waals surface area contributed by atoms with Crippen molar-refractivity contribution in [3.05, 3.63) is 52.2 Å². The average molecular weight is 305 g/mol. The fourth-order valence-corrected chi connectivity index (χ4v) is 3.10. The maximum atomic E-state index is 10.5. The van der Waals surface area contributed by atoms with Crippen molar-refractivity contribution in [2.45, 2.75) is 31.9 Å². The fraction of sp³-hybridized carbons (Fsp3) is 0.412. The molecule has 2 aromatic rings. The number of aliphatic hydroxyl groups is 1. The summed E-state index contributed by atoms with van der Waals surface area (Å²) in [5.74, 6) is 0.913. The van der Waals surface area contributed by atoms with Gasteiger partial charge < -0.3 is 15.2 Å². The van der Waals surface area contributed by atoms with Gasteiger partial charge in [-0.25, -0.2) is 0 Å². The van der Waals surface area contributed by atoms with Crippen LogP contribution in [0.15, 0.2) is 41.1 Å². The SMILES string of the molecule is COc1ccccc1CC(C)NCC(C)(O)c1ccsc1. The van der Waals surface area contributed by atoms with Crippen LogP contribution in [0.4, 0.5) is 0 Å². The van der Waals surface area contributed by atoms with Crippen LogP contribution in [0.1, 0.15) is 25.0 Å². The van der Waals surface area contributed by atoms with Crippen molar-refractivity contribution >= 4 is 11.3 Å². The molecule has 1 aromatic heterocycles. The third-order valence-corrected chi connectivity index (χ3v) is 4.34. The number of para-hydroxylation sites is 1.